The van der Waals surface area contributed by atoms with E-state index in [4.69, 9.17) is 0 Å². The predicted octanol–water partition coefficient (Wildman–Crippen LogP) is 3.35. The highest BCUT2D eigenvalue weighted by molar-refractivity contribution is 6.31. The third kappa shape index (κ3) is 3.92. The van der Waals surface area contributed by atoms with Crippen molar-refractivity contribution < 1.29 is 9.18 Å². The molecule has 0 spiro atoms. The molecule has 2 aromatic carbocycles. The molecule has 3 heterocycles. The molecule has 1 saturated heterocycles. The Kier molecular flexibility index (Phi) is 4.95. The Balaban J connectivity index is 1.22. The molecule has 2 aliphatic rings. The zero-order valence-corrected chi connectivity index (χ0v) is 16.8. The van der Waals surface area contributed by atoms with Crippen molar-refractivity contribution in [2.75, 3.05) is 46.6 Å². The van der Waals surface area contributed by atoms with Gasteiger partial charge in [0.2, 0.25) is 0 Å². The van der Waals surface area contributed by atoms with E-state index < -0.39 is 0 Å². The quantitative estimate of drug-likeness (QED) is 0.636. The van der Waals surface area contributed by atoms with Crippen LogP contribution < -0.4 is 20.4 Å². The van der Waals surface area contributed by atoms with Crippen molar-refractivity contribution in [1.82, 2.24) is 9.97 Å². The van der Waals surface area contributed by atoms with Crippen LogP contribution in [0.3, 0.4) is 0 Å². The standard InChI is InChI=1S/C23H21FN6O/c24-16-1-6-19-20(23(31)28-21(19)13-16)14-27-17-2-4-18(5-3-17)29-9-11-30(12-10-29)22-15-25-7-8-26-22/h1-8,13-15,27H,9-12H2,(H,28,31). The highest BCUT2D eigenvalue weighted by atomic mass is 19.1. The van der Waals surface area contributed by atoms with E-state index in [1.54, 1.807) is 30.9 Å². The Hall–Kier alpha value is -3.94. The number of rotatable bonds is 4. The largest absolute Gasteiger partial charge is 0.368 e. The summed E-state index contributed by atoms with van der Waals surface area (Å²) >= 11 is 0. The second kappa shape index (κ2) is 8.06. The lowest BCUT2D eigenvalue weighted by atomic mass is 10.1. The maximum absolute atomic E-state index is 13.4. The van der Waals surface area contributed by atoms with Gasteiger partial charge in [-0.1, -0.05) is 0 Å². The van der Waals surface area contributed by atoms with Crippen LogP contribution in [-0.4, -0.2) is 42.1 Å². The molecule has 1 fully saturated rings. The normalized spacial score (nSPS) is 16.9. The van der Waals surface area contributed by atoms with Crippen molar-refractivity contribution in [3.8, 4) is 0 Å². The number of amides is 1. The number of fused-ring (bicyclic) bond motifs is 1. The molecule has 5 rings (SSSR count). The molecule has 0 aliphatic carbocycles. The average molecular weight is 416 g/mol. The zero-order chi connectivity index (χ0) is 21.2. The Morgan fingerprint density at radius 3 is 2.52 bits per heavy atom. The van der Waals surface area contributed by atoms with Crippen molar-refractivity contribution in [2.45, 2.75) is 0 Å². The second-order valence-electron chi connectivity index (χ2n) is 7.43. The van der Waals surface area contributed by atoms with Crippen molar-refractivity contribution >= 4 is 34.4 Å². The molecule has 3 aromatic rings. The first-order valence-electron chi connectivity index (χ1n) is 10.1. The Labute approximate surface area is 179 Å². The number of hydrogen-bond acceptors (Lipinski definition) is 6. The smallest absolute Gasteiger partial charge is 0.257 e. The number of benzene rings is 2. The molecule has 0 unspecified atom stereocenters. The van der Waals surface area contributed by atoms with Crippen molar-refractivity contribution in [3.63, 3.8) is 0 Å². The molecular formula is C23H21FN6O. The van der Waals surface area contributed by atoms with Crippen LogP contribution in [0, 0.1) is 5.82 Å². The molecule has 7 nitrogen and oxygen atoms in total. The first-order chi connectivity index (χ1) is 15.2. The van der Waals surface area contributed by atoms with E-state index in [0.29, 0.717) is 16.8 Å². The number of nitrogens with one attached hydrogen (secondary N) is 2. The maximum atomic E-state index is 13.4. The highest BCUT2D eigenvalue weighted by Gasteiger charge is 2.24. The molecule has 0 saturated carbocycles. The van der Waals surface area contributed by atoms with Crippen molar-refractivity contribution in [1.29, 1.82) is 0 Å². The molecular weight excluding hydrogens is 395 g/mol. The fraction of sp³-hybridized carbons (Fsp3) is 0.174. The second-order valence-corrected chi connectivity index (χ2v) is 7.43. The first kappa shape index (κ1) is 19.0. The molecule has 1 aromatic heterocycles. The molecule has 2 N–H and O–H groups in total. The van der Waals surface area contributed by atoms with Crippen LogP contribution in [0.15, 0.2) is 67.3 Å². The summed E-state index contributed by atoms with van der Waals surface area (Å²) < 4.78 is 13.4. The van der Waals surface area contributed by atoms with Gasteiger partial charge in [-0.3, -0.25) is 9.78 Å². The van der Waals surface area contributed by atoms with Gasteiger partial charge in [-0.25, -0.2) is 9.37 Å². The van der Waals surface area contributed by atoms with E-state index in [0.717, 1.165) is 43.4 Å². The number of hydrogen-bond donors (Lipinski definition) is 2. The summed E-state index contributed by atoms with van der Waals surface area (Å²) in [5.74, 6) is 0.294. The summed E-state index contributed by atoms with van der Waals surface area (Å²) in [4.78, 5) is 25.3. The van der Waals surface area contributed by atoms with Gasteiger partial charge in [-0.05, 0) is 42.5 Å². The van der Waals surface area contributed by atoms with Crippen LogP contribution in [0.4, 0.5) is 27.3 Å². The van der Waals surface area contributed by atoms with Crippen LogP contribution in [0.25, 0.3) is 5.57 Å². The summed E-state index contributed by atoms with van der Waals surface area (Å²) in [6, 6.07) is 12.4. The Bertz CT molecular complexity index is 1120. The fourth-order valence-corrected chi connectivity index (χ4v) is 3.88. The average Bonchev–Trinajstić information content (AvgIpc) is 3.12. The number of halogens is 1. The van der Waals surface area contributed by atoms with Crippen molar-refractivity contribution in [2.24, 2.45) is 0 Å². The summed E-state index contributed by atoms with van der Waals surface area (Å²) in [7, 11) is 0. The Morgan fingerprint density at radius 1 is 1.00 bits per heavy atom. The number of carbonyl (C=O) groups excluding carboxylic acids is 1. The van der Waals surface area contributed by atoms with Gasteiger partial charge in [0.05, 0.1) is 17.5 Å². The van der Waals surface area contributed by atoms with Gasteiger partial charge in [-0.15, -0.1) is 0 Å². The fourth-order valence-electron chi connectivity index (χ4n) is 3.88. The van der Waals surface area contributed by atoms with E-state index in [2.05, 4.69) is 42.5 Å². The van der Waals surface area contributed by atoms with Crippen LogP contribution >= 0.6 is 0 Å². The minimum atomic E-state index is -0.374. The van der Waals surface area contributed by atoms with E-state index in [9.17, 15) is 9.18 Å². The summed E-state index contributed by atoms with van der Waals surface area (Å²) in [6.07, 6.45) is 6.86. The van der Waals surface area contributed by atoms with Crippen LogP contribution in [0.1, 0.15) is 5.56 Å². The lowest BCUT2D eigenvalue weighted by Gasteiger charge is -2.36. The zero-order valence-electron chi connectivity index (χ0n) is 16.8. The van der Waals surface area contributed by atoms with Gasteiger partial charge in [-0.2, -0.15) is 0 Å². The first-order valence-corrected chi connectivity index (χ1v) is 10.1. The molecule has 2 aliphatic heterocycles. The summed E-state index contributed by atoms with van der Waals surface area (Å²) in [5, 5.41) is 5.86. The number of carbonyl (C=O) groups is 1. The third-order valence-corrected chi connectivity index (χ3v) is 5.53. The third-order valence-electron chi connectivity index (χ3n) is 5.53. The Morgan fingerprint density at radius 2 is 1.77 bits per heavy atom. The monoisotopic (exact) mass is 416 g/mol. The maximum Gasteiger partial charge on any atom is 0.257 e. The highest BCUT2D eigenvalue weighted by Crippen LogP contribution is 2.32. The van der Waals surface area contributed by atoms with Gasteiger partial charge in [0, 0.05) is 61.7 Å². The predicted molar refractivity (Wildman–Crippen MR) is 120 cm³/mol. The molecule has 1 amide bonds. The molecule has 0 atom stereocenters. The van der Waals surface area contributed by atoms with Gasteiger partial charge >= 0.3 is 0 Å². The lowest BCUT2D eigenvalue weighted by Crippen LogP contribution is -2.46. The number of nitrogens with zero attached hydrogens (tertiary/aromatic N) is 4. The summed E-state index contributed by atoms with van der Waals surface area (Å²) in [6.45, 7) is 3.58. The van der Waals surface area contributed by atoms with Gasteiger partial charge in [0.1, 0.15) is 11.6 Å². The van der Waals surface area contributed by atoms with Crippen LogP contribution in [0.5, 0.6) is 0 Å². The molecule has 156 valence electrons. The topological polar surface area (TPSA) is 73.4 Å². The van der Waals surface area contributed by atoms with Gasteiger partial charge in [0.25, 0.3) is 5.91 Å². The number of piperazine rings is 1. The summed E-state index contributed by atoms with van der Waals surface area (Å²) in [5.41, 5.74) is 3.69. The molecule has 8 heteroatoms. The van der Waals surface area contributed by atoms with E-state index in [1.165, 1.54) is 12.1 Å². The van der Waals surface area contributed by atoms with Gasteiger partial charge in [0.15, 0.2) is 0 Å². The van der Waals surface area contributed by atoms with E-state index >= 15 is 0 Å². The van der Waals surface area contributed by atoms with E-state index in [1.807, 2.05) is 12.1 Å². The van der Waals surface area contributed by atoms with Crippen LogP contribution in [0.2, 0.25) is 0 Å². The minimum Gasteiger partial charge on any atom is -0.368 e. The lowest BCUT2D eigenvalue weighted by molar-refractivity contribution is -0.110. The molecule has 31 heavy (non-hydrogen) atoms. The SMILES string of the molecule is O=C1Nc2cc(F)ccc2C1=CNc1ccc(N2CCN(c3cnccn3)CC2)cc1. The number of anilines is 4. The van der Waals surface area contributed by atoms with Gasteiger partial charge < -0.3 is 20.4 Å². The van der Waals surface area contributed by atoms with E-state index in [-0.39, 0.29) is 11.7 Å². The van der Waals surface area contributed by atoms with Crippen LogP contribution in [-0.2, 0) is 4.79 Å². The number of aromatic nitrogens is 2. The molecule has 0 radical (unpaired) electrons. The van der Waals surface area contributed by atoms with Crippen molar-refractivity contribution in [3.05, 3.63) is 78.6 Å². The molecule has 0 bridgehead atoms. The minimum absolute atomic E-state index is 0.245.